The van der Waals surface area contributed by atoms with E-state index in [-0.39, 0.29) is 0 Å². The zero-order valence-corrected chi connectivity index (χ0v) is 10.4. The molecule has 0 fully saturated rings. The average Bonchev–Trinajstić information content (AvgIpc) is 2.82. The van der Waals surface area contributed by atoms with Gasteiger partial charge in [-0.3, -0.25) is 0 Å². The van der Waals surface area contributed by atoms with Crippen LogP contribution in [0, 0.1) is 0 Å². The van der Waals surface area contributed by atoms with Crippen LogP contribution in [0.4, 0.5) is 5.95 Å². The molecule has 3 aromatic rings. The van der Waals surface area contributed by atoms with Gasteiger partial charge in [0.1, 0.15) is 0 Å². The van der Waals surface area contributed by atoms with E-state index in [1.807, 2.05) is 48.5 Å². The summed E-state index contributed by atoms with van der Waals surface area (Å²) in [5.74, 6) is 1.14. The predicted octanol–water partition coefficient (Wildman–Crippen LogP) is 2.44. The molecule has 0 saturated carbocycles. The van der Waals surface area contributed by atoms with Gasteiger partial charge in [0.25, 0.3) is 0 Å². The van der Waals surface area contributed by atoms with Gasteiger partial charge in [0.2, 0.25) is 5.95 Å². The molecule has 1 heterocycles. The van der Waals surface area contributed by atoms with Gasteiger partial charge in [0, 0.05) is 6.42 Å². The molecule has 0 aliphatic heterocycles. The fraction of sp³-hybridized carbons (Fsp3) is 0.0667. The van der Waals surface area contributed by atoms with Gasteiger partial charge in [0.05, 0.1) is 5.69 Å². The van der Waals surface area contributed by atoms with Crippen molar-refractivity contribution < 1.29 is 0 Å². The third-order valence-electron chi connectivity index (χ3n) is 2.88. The van der Waals surface area contributed by atoms with Crippen LogP contribution in [-0.4, -0.2) is 14.8 Å². The highest BCUT2D eigenvalue weighted by atomic mass is 15.4. The molecule has 19 heavy (non-hydrogen) atoms. The fourth-order valence-electron chi connectivity index (χ4n) is 1.98. The molecule has 3 rings (SSSR count). The standard InChI is InChI=1S/C15H14N4/c16-15-17-14(11-12-7-3-1-4-8-12)18-19(15)13-9-5-2-6-10-13/h1-10H,11H2,(H2,16,17,18). The summed E-state index contributed by atoms with van der Waals surface area (Å²) in [5, 5.41) is 4.46. The van der Waals surface area contributed by atoms with Crippen molar-refractivity contribution in [3.63, 3.8) is 0 Å². The van der Waals surface area contributed by atoms with Crippen molar-refractivity contribution in [1.29, 1.82) is 0 Å². The van der Waals surface area contributed by atoms with E-state index in [4.69, 9.17) is 5.73 Å². The Morgan fingerprint density at radius 1 is 0.895 bits per heavy atom. The number of nitrogen functional groups attached to an aromatic ring is 1. The number of hydrogen-bond donors (Lipinski definition) is 1. The lowest BCUT2D eigenvalue weighted by Crippen LogP contribution is -2.02. The molecule has 0 spiro atoms. The first-order valence-electron chi connectivity index (χ1n) is 6.14. The summed E-state index contributed by atoms with van der Waals surface area (Å²) < 4.78 is 1.66. The van der Waals surface area contributed by atoms with Gasteiger partial charge in [0.15, 0.2) is 5.82 Å². The molecule has 1 aromatic heterocycles. The van der Waals surface area contributed by atoms with E-state index in [2.05, 4.69) is 22.2 Å². The van der Waals surface area contributed by atoms with Crippen LogP contribution in [0.2, 0.25) is 0 Å². The number of aromatic nitrogens is 3. The van der Waals surface area contributed by atoms with E-state index in [1.165, 1.54) is 5.56 Å². The molecular weight excluding hydrogens is 236 g/mol. The Hall–Kier alpha value is -2.62. The predicted molar refractivity (Wildman–Crippen MR) is 75.0 cm³/mol. The van der Waals surface area contributed by atoms with E-state index in [0.29, 0.717) is 12.4 Å². The van der Waals surface area contributed by atoms with E-state index >= 15 is 0 Å². The van der Waals surface area contributed by atoms with Gasteiger partial charge in [-0.15, -0.1) is 5.10 Å². The maximum absolute atomic E-state index is 5.92. The minimum absolute atomic E-state index is 0.414. The van der Waals surface area contributed by atoms with Crippen molar-refractivity contribution in [2.24, 2.45) is 0 Å². The lowest BCUT2D eigenvalue weighted by atomic mass is 10.1. The molecule has 2 N–H and O–H groups in total. The van der Waals surface area contributed by atoms with E-state index in [1.54, 1.807) is 4.68 Å². The van der Waals surface area contributed by atoms with Crippen LogP contribution < -0.4 is 5.73 Å². The van der Waals surface area contributed by atoms with Gasteiger partial charge in [-0.2, -0.15) is 9.67 Å². The number of nitrogens with zero attached hydrogens (tertiary/aromatic N) is 3. The normalized spacial score (nSPS) is 10.5. The Labute approximate surface area is 111 Å². The van der Waals surface area contributed by atoms with Gasteiger partial charge < -0.3 is 5.73 Å². The fourth-order valence-corrected chi connectivity index (χ4v) is 1.98. The average molecular weight is 250 g/mol. The molecular formula is C15H14N4. The Balaban J connectivity index is 1.90. The number of para-hydroxylation sites is 1. The maximum atomic E-state index is 5.92. The Kier molecular flexibility index (Phi) is 2.98. The van der Waals surface area contributed by atoms with Crippen LogP contribution in [0.25, 0.3) is 5.69 Å². The maximum Gasteiger partial charge on any atom is 0.223 e. The van der Waals surface area contributed by atoms with Crippen LogP contribution in [0.1, 0.15) is 11.4 Å². The Bertz CT molecular complexity index is 659. The summed E-state index contributed by atoms with van der Waals surface area (Å²) in [4.78, 5) is 4.31. The molecule has 0 aliphatic carbocycles. The van der Waals surface area contributed by atoms with Gasteiger partial charge in [-0.05, 0) is 17.7 Å². The first-order chi connectivity index (χ1) is 9.33. The minimum Gasteiger partial charge on any atom is -0.368 e. The number of anilines is 1. The van der Waals surface area contributed by atoms with Gasteiger partial charge >= 0.3 is 0 Å². The van der Waals surface area contributed by atoms with Crippen LogP contribution in [0.15, 0.2) is 60.7 Å². The molecule has 94 valence electrons. The molecule has 0 aliphatic rings. The van der Waals surface area contributed by atoms with Crippen LogP contribution in [-0.2, 0) is 6.42 Å². The summed E-state index contributed by atoms with van der Waals surface area (Å²) in [6.45, 7) is 0. The Morgan fingerprint density at radius 2 is 1.53 bits per heavy atom. The highest BCUT2D eigenvalue weighted by Gasteiger charge is 2.08. The quantitative estimate of drug-likeness (QED) is 0.776. The Morgan fingerprint density at radius 3 is 2.21 bits per heavy atom. The summed E-state index contributed by atoms with van der Waals surface area (Å²) in [6, 6.07) is 19.9. The molecule has 2 aromatic carbocycles. The topological polar surface area (TPSA) is 56.7 Å². The van der Waals surface area contributed by atoms with Gasteiger partial charge in [-0.25, -0.2) is 0 Å². The largest absolute Gasteiger partial charge is 0.368 e. The van der Waals surface area contributed by atoms with Crippen molar-refractivity contribution in [3.05, 3.63) is 72.1 Å². The zero-order valence-electron chi connectivity index (χ0n) is 10.4. The second-order valence-electron chi connectivity index (χ2n) is 4.30. The summed E-state index contributed by atoms with van der Waals surface area (Å²) in [6.07, 6.45) is 0.685. The van der Waals surface area contributed by atoms with Crippen molar-refractivity contribution in [1.82, 2.24) is 14.8 Å². The number of rotatable bonds is 3. The number of nitrogens with two attached hydrogens (primary N) is 1. The first kappa shape index (κ1) is 11.5. The van der Waals surface area contributed by atoms with Crippen molar-refractivity contribution in [3.8, 4) is 5.69 Å². The second-order valence-corrected chi connectivity index (χ2v) is 4.30. The highest BCUT2D eigenvalue weighted by Crippen LogP contribution is 2.13. The SMILES string of the molecule is Nc1nc(Cc2ccccc2)nn1-c1ccccc1. The summed E-state index contributed by atoms with van der Waals surface area (Å²) >= 11 is 0. The van der Waals surface area contributed by atoms with E-state index in [0.717, 1.165) is 11.5 Å². The van der Waals surface area contributed by atoms with Crippen molar-refractivity contribution >= 4 is 5.95 Å². The van der Waals surface area contributed by atoms with E-state index in [9.17, 15) is 0 Å². The van der Waals surface area contributed by atoms with Gasteiger partial charge in [-0.1, -0.05) is 48.5 Å². The molecule has 0 amide bonds. The summed E-state index contributed by atoms with van der Waals surface area (Å²) in [5.41, 5.74) is 8.01. The molecule has 0 radical (unpaired) electrons. The minimum atomic E-state index is 0.414. The number of benzene rings is 2. The van der Waals surface area contributed by atoms with Crippen molar-refractivity contribution in [2.75, 3.05) is 5.73 Å². The lowest BCUT2D eigenvalue weighted by Gasteiger charge is -2.00. The van der Waals surface area contributed by atoms with Crippen LogP contribution in [0.5, 0.6) is 0 Å². The lowest BCUT2D eigenvalue weighted by molar-refractivity contribution is 0.854. The molecule has 4 nitrogen and oxygen atoms in total. The highest BCUT2D eigenvalue weighted by molar-refractivity contribution is 5.37. The third-order valence-corrected chi connectivity index (χ3v) is 2.88. The zero-order chi connectivity index (χ0) is 13.1. The molecule has 4 heteroatoms. The molecule has 0 bridgehead atoms. The molecule has 0 saturated heterocycles. The molecule has 0 unspecified atom stereocenters. The summed E-state index contributed by atoms with van der Waals surface area (Å²) in [7, 11) is 0. The first-order valence-corrected chi connectivity index (χ1v) is 6.14. The smallest absolute Gasteiger partial charge is 0.223 e. The third kappa shape index (κ3) is 2.47. The van der Waals surface area contributed by atoms with Crippen LogP contribution >= 0.6 is 0 Å². The second kappa shape index (κ2) is 4.94. The monoisotopic (exact) mass is 250 g/mol. The number of hydrogen-bond acceptors (Lipinski definition) is 3. The molecule has 0 atom stereocenters. The van der Waals surface area contributed by atoms with E-state index < -0.39 is 0 Å². The van der Waals surface area contributed by atoms with Crippen LogP contribution in [0.3, 0.4) is 0 Å². The van der Waals surface area contributed by atoms with Crippen molar-refractivity contribution in [2.45, 2.75) is 6.42 Å².